The maximum absolute atomic E-state index is 12.4. The standard InChI is InChI=1S/C26H29Cl2N3O5S/c1-34-37-26(33)36-18-31-23-17-20(9-7-19(23)8-10-24(31)32)35-16-3-2-11-29-12-14-30(15-13-29)22-6-4-5-21(27)25(22)28/h4-10,17H,2-3,11-16,18H2,1H3. The smallest absolute Gasteiger partial charge is 0.396 e. The van der Waals surface area contributed by atoms with Crippen molar-refractivity contribution in [1.29, 1.82) is 0 Å². The topological polar surface area (TPSA) is 73.2 Å². The first-order valence-electron chi connectivity index (χ1n) is 12.0. The zero-order valence-corrected chi connectivity index (χ0v) is 22.9. The first-order valence-corrected chi connectivity index (χ1v) is 13.5. The fourth-order valence-corrected chi connectivity index (χ4v) is 4.93. The first-order chi connectivity index (χ1) is 18.0. The summed E-state index contributed by atoms with van der Waals surface area (Å²) in [6, 6.07) is 14.5. The fraction of sp³-hybridized carbons (Fsp3) is 0.385. The third-order valence-corrected chi connectivity index (χ3v) is 7.44. The van der Waals surface area contributed by atoms with E-state index in [2.05, 4.69) is 14.0 Å². The van der Waals surface area contributed by atoms with Gasteiger partial charge in [0.1, 0.15) is 17.8 Å². The molecule has 2 heterocycles. The van der Waals surface area contributed by atoms with Gasteiger partial charge in [-0.05, 0) is 55.1 Å². The summed E-state index contributed by atoms with van der Waals surface area (Å²) in [6.07, 6.45) is 1.93. The Balaban J connectivity index is 1.23. The molecule has 8 nitrogen and oxygen atoms in total. The van der Waals surface area contributed by atoms with E-state index < -0.39 is 5.30 Å². The predicted molar refractivity (Wildman–Crippen MR) is 149 cm³/mol. The molecule has 3 aromatic rings. The summed E-state index contributed by atoms with van der Waals surface area (Å²) in [5.74, 6) is 0.663. The maximum Gasteiger partial charge on any atom is 0.396 e. The number of carbonyl (C=O) groups excluding carboxylic acids is 1. The summed E-state index contributed by atoms with van der Waals surface area (Å²) in [5.41, 5.74) is 1.37. The fourth-order valence-electron chi connectivity index (χ4n) is 4.28. The molecule has 4 rings (SSSR count). The van der Waals surface area contributed by atoms with Crippen molar-refractivity contribution in [2.45, 2.75) is 19.6 Å². The van der Waals surface area contributed by atoms with Crippen molar-refractivity contribution in [3.05, 3.63) is 68.9 Å². The lowest BCUT2D eigenvalue weighted by atomic mass is 10.2. The number of aromatic nitrogens is 1. The van der Waals surface area contributed by atoms with Gasteiger partial charge in [0.05, 0.1) is 35.0 Å². The molecular formula is C26H29Cl2N3O5S. The van der Waals surface area contributed by atoms with Gasteiger partial charge in [-0.25, -0.2) is 4.79 Å². The highest BCUT2D eigenvalue weighted by atomic mass is 35.5. The number of nitrogens with zero attached hydrogens (tertiary/aromatic N) is 3. The van der Waals surface area contributed by atoms with Crippen LogP contribution in [0.2, 0.25) is 10.0 Å². The zero-order chi connectivity index (χ0) is 26.2. The van der Waals surface area contributed by atoms with E-state index in [1.54, 1.807) is 12.1 Å². The number of unbranched alkanes of at least 4 members (excludes halogenated alkanes) is 1. The van der Waals surface area contributed by atoms with Crippen molar-refractivity contribution in [2.24, 2.45) is 0 Å². The van der Waals surface area contributed by atoms with Crippen molar-refractivity contribution in [1.82, 2.24) is 9.47 Å². The van der Waals surface area contributed by atoms with Crippen LogP contribution in [0.15, 0.2) is 53.3 Å². The maximum atomic E-state index is 12.4. The van der Waals surface area contributed by atoms with Crippen LogP contribution < -0.4 is 15.2 Å². The number of anilines is 1. The quantitative estimate of drug-likeness (QED) is 0.176. The lowest BCUT2D eigenvalue weighted by Crippen LogP contribution is -2.46. The summed E-state index contributed by atoms with van der Waals surface area (Å²) >= 11 is 13.1. The normalized spacial score (nSPS) is 14.2. The Morgan fingerprint density at radius 2 is 1.81 bits per heavy atom. The van der Waals surface area contributed by atoms with Gasteiger partial charge in [-0.2, -0.15) is 0 Å². The Hall–Kier alpha value is -2.43. The van der Waals surface area contributed by atoms with Crippen molar-refractivity contribution in [3.63, 3.8) is 0 Å². The van der Waals surface area contributed by atoms with Crippen molar-refractivity contribution >= 4 is 57.1 Å². The SMILES string of the molecule is COSC(=O)OCn1c(=O)ccc2ccc(OCCCCN3CCN(c4cccc(Cl)c4Cl)CC3)cc21. The molecule has 37 heavy (non-hydrogen) atoms. The Labute approximate surface area is 230 Å². The average molecular weight is 567 g/mol. The van der Waals surface area contributed by atoms with Crippen LogP contribution >= 0.6 is 35.2 Å². The minimum atomic E-state index is -0.617. The average Bonchev–Trinajstić information content (AvgIpc) is 2.90. The van der Waals surface area contributed by atoms with E-state index in [4.69, 9.17) is 32.7 Å². The van der Waals surface area contributed by atoms with E-state index in [1.807, 2.05) is 30.3 Å². The lowest BCUT2D eigenvalue weighted by molar-refractivity contribution is 0.139. The van der Waals surface area contributed by atoms with Crippen molar-refractivity contribution in [2.75, 3.05) is 51.3 Å². The lowest BCUT2D eigenvalue weighted by Gasteiger charge is -2.36. The van der Waals surface area contributed by atoms with E-state index in [9.17, 15) is 9.59 Å². The van der Waals surface area contributed by atoms with Crippen molar-refractivity contribution in [3.8, 4) is 5.75 Å². The molecule has 0 spiro atoms. The third-order valence-electron chi connectivity index (χ3n) is 6.21. The van der Waals surface area contributed by atoms with E-state index in [-0.39, 0.29) is 12.3 Å². The van der Waals surface area contributed by atoms with Crippen LogP contribution in [0.4, 0.5) is 10.5 Å². The van der Waals surface area contributed by atoms with Crippen LogP contribution in [0, 0.1) is 0 Å². The van der Waals surface area contributed by atoms with E-state index in [1.165, 1.54) is 17.7 Å². The summed E-state index contributed by atoms with van der Waals surface area (Å²) in [4.78, 5) is 28.7. The van der Waals surface area contributed by atoms with Gasteiger partial charge in [-0.1, -0.05) is 29.3 Å². The van der Waals surface area contributed by atoms with Crippen LogP contribution in [0.1, 0.15) is 12.8 Å². The van der Waals surface area contributed by atoms with Gasteiger partial charge in [-0.3, -0.25) is 14.3 Å². The van der Waals surface area contributed by atoms with Crippen LogP contribution in [-0.2, 0) is 15.7 Å². The third kappa shape index (κ3) is 7.33. The molecule has 0 N–H and O–H groups in total. The number of carbonyl (C=O) groups is 1. The van der Waals surface area contributed by atoms with Crippen LogP contribution in [0.5, 0.6) is 5.75 Å². The highest BCUT2D eigenvalue weighted by Crippen LogP contribution is 2.32. The van der Waals surface area contributed by atoms with Gasteiger partial charge in [-0.15, -0.1) is 0 Å². The second-order valence-corrected chi connectivity index (χ2v) is 10.2. The Morgan fingerprint density at radius 1 is 1.03 bits per heavy atom. The molecule has 0 radical (unpaired) electrons. The number of piperazine rings is 1. The molecule has 0 aliphatic carbocycles. The molecule has 1 fully saturated rings. The Kier molecular flexibility index (Phi) is 9.99. The second kappa shape index (κ2) is 13.4. The first kappa shape index (κ1) is 27.6. The number of halogens is 2. The molecule has 1 saturated heterocycles. The number of rotatable bonds is 10. The van der Waals surface area contributed by atoms with Gasteiger partial charge in [0, 0.05) is 38.3 Å². The van der Waals surface area contributed by atoms with E-state index in [0.717, 1.165) is 56.6 Å². The number of fused-ring (bicyclic) bond motifs is 1. The van der Waals surface area contributed by atoms with E-state index in [0.29, 0.717) is 40.0 Å². The van der Waals surface area contributed by atoms with Gasteiger partial charge in [0.15, 0.2) is 6.73 Å². The molecule has 1 aliphatic heterocycles. The molecule has 11 heteroatoms. The molecule has 198 valence electrons. The molecule has 1 aliphatic rings. The molecule has 2 aromatic carbocycles. The van der Waals surface area contributed by atoms with Crippen molar-refractivity contribution < 1.29 is 18.5 Å². The highest BCUT2D eigenvalue weighted by Gasteiger charge is 2.19. The summed E-state index contributed by atoms with van der Waals surface area (Å²) < 4.78 is 17.2. The molecule has 0 unspecified atom stereocenters. The van der Waals surface area contributed by atoms with Crippen LogP contribution in [0.3, 0.4) is 0 Å². The minimum Gasteiger partial charge on any atom is -0.494 e. The summed E-state index contributed by atoms with van der Waals surface area (Å²) in [5, 5.41) is 1.43. The Bertz CT molecular complexity index is 1280. The largest absolute Gasteiger partial charge is 0.494 e. The summed E-state index contributed by atoms with van der Waals surface area (Å²) in [7, 11) is 1.37. The molecular weight excluding hydrogens is 537 g/mol. The Morgan fingerprint density at radius 3 is 2.59 bits per heavy atom. The molecule has 0 atom stereocenters. The minimum absolute atomic E-state index is 0.203. The van der Waals surface area contributed by atoms with Crippen LogP contribution in [-0.4, -0.2) is 61.2 Å². The zero-order valence-electron chi connectivity index (χ0n) is 20.5. The van der Waals surface area contributed by atoms with E-state index >= 15 is 0 Å². The second-order valence-electron chi connectivity index (χ2n) is 8.55. The van der Waals surface area contributed by atoms with Crippen LogP contribution in [0.25, 0.3) is 10.9 Å². The number of benzene rings is 2. The van der Waals surface area contributed by atoms with Gasteiger partial charge >= 0.3 is 5.30 Å². The number of ether oxygens (including phenoxy) is 2. The number of pyridine rings is 1. The number of hydrogen-bond donors (Lipinski definition) is 0. The molecule has 0 amide bonds. The highest BCUT2D eigenvalue weighted by molar-refractivity contribution is 8.09. The van der Waals surface area contributed by atoms with Gasteiger partial charge < -0.3 is 18.6 Å². The monoisotopic (exact) mass is 565 g/mol. The molecule has 0 bridgehead atoms. The van der Waals surface area contributed by atoms with Gasteiger partial charge in [0.2, 0.25) is 0 Å². The molecule has 0 saturated carbocycles. The number of hydrogen-bond acceptors (Lipinski definition) is 8. The van der Waals surface area contributed by atoms with Gasteiger partial charge in [0.25, 0.3) is 5.56 Å². The summed E-state index contributed by atoms with van der Waals surface area (Å²) in [6.45, 7) is 5.14. The molecule has 1 aromatic heterocycles. The predicted octanol–water partition coefficient (Wildman–Crippen LogP) is 5.68.